The molecular weight excluding hydrogens is 410 g/mol. The molecule has 3 aromatic carbocycles. The van der Waals surface area contributed by atoms with Crippen molar-refractivity contribution < 1.29 is 19.3 Å². The lowest BCUT2D eigenvalue weighted by Crippen LogP contribution is -2.25. The van der Waals surface area contributed by atoms with E-state index in [9.17, 15) is 24.5 Å². The van der Waals surface area contributed by atoms with Crippen molar-refractivity contribution in [1.29, 1.82) is 0 Å². The fourth-order valence-corrected chi connectivity index (χ4v) is 3.32. The minimum Gasteiger partial charge on any atom is -0.291 e. The Morgan fingerprint density at radius 3 is 1.78 bits per heavy atom. The molecule has 3 aromatic rings. The number of carbonyl (C=O) groups is 3. The first kappa shape index (κ1) is 20.7. The average molecular weight is 425 g/mol. The monoisotopic (exact) mass is 425 g/mol. The van der Waals surface area contributed by atoms with Crippen molar-refractivity contribution in [2.24, 2.45) is 10.2 Å². The predicted molar refractivity (Wildman–Crippen MR) is 115 cm³/mol. The summed E-state index contributed by atoms with van der Waals surface area (Å²) >= 11 is 0. The van der Waals surface area contributed by atoms with Crippen molar-refractivity contribution in [3.63, 3.8) is 0 Å². The number of rotatable bonds is 7. The van der Waals surface area contributed by atoms with Gasteiger partial charge in [-0.15, -0.1) is 0 Å². The number of allylic oxidation sites excluding steroid dienone is 1. The van der Waals surface area contributed by atoms with Crippen LogP contribution in [0.1, 0.15) is 31.1 Å². The van der Waals surface area contributed by atoms with Crippen LogP contribution < -0.4 is 0 Å². The van der Waals surface area contributed by atoms with Crippen LogP contribution in [0.2, 0.25) is 0 Å². The number of nitrogens with zero attached hydrogens (tertiary/aromatic N) is 3. The summed E-state index contributed by atoms with van der Waals surface area (Å²) in [5.74, 6) is -1.64. The van der Waals surface area contributed by atoms with Gasteiger partial charge in [-0.25, -0.2) is 0 Å². The lowest BCUT2D eigenvalue weighted by molar-refractivity contribution is -0.384. The molecule has 1 heterocycles. The van der Waals surface area contributed by atoms with Gasteiger partial charge in [-0.05, 0) is 12.1 Å². The van der Waals surface area contributed by atoms with Crippen LogP contribution in [0, 0.1) is 10.1 Å². The number of hydrogen-bond donors (Lipinski definition) is 0. The molecule has 8 nitrogen and oxygen atoms in total. The number of ketones is 3. The van der Waals surface area contributed by atoms with E-state index < -0.39 is 28.3 Å². The Morgan fingerprint density at radius 2 is 1.25 bits per heavy atom. The summed E-state index contributed by atoms with van der Waals surface area (Å²) in [7, 11) is 0. The Hall–Kier alpha value is -4.59. The molecular formula is C24H15N3O5. The highest BCUT2D eigenvalue weighted by Gasteiger charge is 2.38. The highest BCUT2D eigenvalue weighted by Crippen LogP contribution is 2.30. The number of benzene rings is 3. The Morgan fingerprint density at radius 1 is 0.719 bits per heavy atom. The van der Waals surface area contributed by atoms with Crippen LogP contribution in [0.15, 0.2) is 106 Å². The summed E-state index contributed by atoms with van der Waals surface area (Å²) < 4.78 is 0. The summed E-state index contributed by atoms with van der Waals surface area (Å²) in [5.41, 5.74) is 0.230. The zero-order chi connectivity index (χ0) is 22.7. The van der Waals surface area contributed by atoms with Crippen molar-refractivity contribution >= 4 is 23.0 Å². The fraction of sp³-hybridized carbons (Fsp3) is 0.0417. The standard InChI is InChI=1S/C24H15N3O5/c28-22(15-7-3-1-4-8-15)19-20(23(29)16-9-5-2-6-10-16)25-26-21(19)24(30)17-11-13-18(14-12-17)27(31)32/h1-14,21H. The fourth-order valence-electron chi connectivity index (χ4n) is 3.32. The van der Waals surface area contributed by atoms with Gasteiger partial charge in [-0.1, -0.05) is 60.7 Å². The molecule has 0 fully saturated rings. The third kappa shape index (κ3) is 3.89. The summed E-state index contributed by atoms with van der Waals surface area (Å²) in [6, 6.07) is 20.1. The smallest absolute Gasteiger partial charge is 0.269 e. The molecule has 1 aliphatic heterocycles. The van der Waals surface area contributed by atoms with Crippen LogP contribution in [-0.2, 0) is 0 Å². The van der Waals surface area contributed by atoms with E-state index in [-0.39, 0.29) is 28.1 Å². The highest BCUT2D eigenvalue weighted by molar-refractivity contribution is 6.22. The second kappa shape index (κ2) is 8.65. The summed E-state index contributed by atoms with van der Waals surface area (Å²) in [5, 5.41) is 18.8. The zero-order valence-corrected chi connectivity index (χ0v) is 16.5. The molecule has 1 unspecified atom stereocenters. The number of nitro benzene ring substituents is 1. The minimum absolute atomic E-state index is 0.117. The lowest BCUT2D eigenvalue weighted by atomic mass is 9.89. The van der Waals surface area contributed by atoms with E-state index in [0.29, 0.717) is 5.56 Å². The van der Waals surface area contributed by atoms with Crippen LogP contribution >= 0.6 is 0 Å². The van der Waals surface area contributed by atoms with Gasteiger partial charge >= 0.3 is 0 Å². The maximum absolute atomic E-state index is 13.3. The first-order valence-electron chi connectivity index (χ1n) is 9.60. The van der Waals surface area contributed by atoms with E-state index >= 15 is 0 Å². The summed E-state index contributed by atoms with van der Waals surface area (Å²) in [6.07, 6.45) is 0. The highest BCUT2D eigenvalue weighted by atomic mass is 16.6. The number of azo groups is 1. The van der Waals surface area contributed by atoms with Gasteiger partial charge in [0.15, 0.2) is 17.6 Å². The van der Waals surface area contributed by atoms with E-state index in [2.05, 4.69) is 10.2 Å². The minimum atomic E-state index is -1.33. The number of non-ortho nitro benzene ring substituents is 1. The Kier molecular flexibility index (Phi) is 5.59. The third-order valence-corrected chi connectivity index (χ3v) is 4.94. The van der Waals surface area contributed by atoms with E-state index in [4.69, 9.17) is 0 Å². The number of hydrogen-bond acceptors (Lipinski definition) is 7. The summed E-state index contributed by atoms with van der Waals surface area (Å²) in [4.78, 5) is 49.8. The van der Waals surface area contributed by atoms with Gasteiger partial charge in [-0.2, -0.15) is 10.2 Å². The van der Waals surface area contributed by atoms with Gasteiger partial charge < -0.3 is 0 Å². The topological polar surface area (TPSA) is 119 Å². The third-order valence-electron chi connectivity index (χ3n) is 4.94. The maximum Gasteiger partial charge on any atom is 0.269 e. The molecule has 0 aliphatic carbocycles. The van der Waals surface area contributed by atoms with E-state index in [0.717, 1.165) is 0 Å². The first-order chi connectivity index (χ1) is 15.5. The van der Waals surface area contributed by atoms with Crippen molar-refractivity contribution in [3.8, 4) is 0 Å². The molecule has 0 radical (unpaired) electrons. The van der Waals surface area contributed by atoms with Crippen molar-refractivity contribution in [3.05, 3.63) is 123 Å². The molecule has 0 bridgehead atoms. The molecule has 0 saturated heterocycles. The molecule has 8 heteroatoms. The molecule has 0 N–H and O–H groups in total. The van der Waals surface area contributed by atoms with Crippen LogP contribution in [0.4, 0.5) is 5.69 Å². The van der Waals surface area contributed by atoms with Crippen LogP contribution in [-0.4, -0.2) is 28.3 Å². The first-order valence-corrected chi connectivity index (χ1v) is 9.60. The van der Waals surface area contributed by atoms with Crippen molar-refractivity contribution in [2.45, 2.75) is 6.04 Å². The summed E-state index contributed by atoms with van der Waals surface area (Å²) in [6.45, 7) is 0. The Labute approximate surface area is 182 Å². The van der Waals surface area contributed by atoms with Gasteiger partial charge in [0.2, 0.25) is 5.78 Å². The second-order valence-electron chi connectivity index (χ2n) is 6.94. The van der Waals surface area contributed by atoms with Crippen LogP contribution in [0.3, 0.4) is 0 Å². The van der Waals surface area contributed by atoms with Gasteiger partial charge in [0.1, 0.15) is 5.70 Å². The Bertz CT molecular complexity index is 1280. The molecule has 1 atom stereocenters. The quantitative estimate of drug-likeness (QED) is 0.310. The van der Waals surface area contributed by atoms with Crippen molar-refractivity contribution in [2.75, 3.05) is 0 Å². The van der Waals surface area contributed by atoms with E-state index in [1.165, 1.54) is 24.3 Å². The van der Waals surface area contributed by atoms with Crippen molar-refractivity contribution in [1.82, 2.24) is 0 Å². The van der Waals surface area contributed by atoms with E-state index in [1.54, 1.807) is 60.7 Å². The number of Topliss-reactive ketones (excluding diaryl/α,β-unsaturated/α-hetero) is 3. The number of carbonyl (C=O) groups excluding carboxylic acids is 3. The predicted octanol–water partition coefficient (Wildman–Crippen LogP) is 4.63. The molecule has 1 aliphatic rings. The second-order valence-corrected chi connectivity index (χ2v) is 6.94. The molecule has 0 spiro atoms. The maximum atomic E-state index is 13.3. The van der Waals surface area contributed by atoms with Crippen LogP contribution in [0.25, 0.3) is 0 Å². The largest absolute Gasteiger partial charge is 0.291 e. The van der Waals surface area contributed by atoms with Gasteiger partial charge in [0.05, 0.1) is 10.5 Å². The van der Waals surface area contributed by atoms with Gasteiger partial charge in [0, 0.05) is 28.8 Å². The molecule has 0 saturated carbocycles. The van der Waals surface area contributed by atoms with Gasteiger partial charge in [-0.3, -0.25) is 24.5 Å². The number of nitro groups is 1. The molecule has 4 rings (SSSR count). The average Bonchev–Trinajstić information content (AvgIpc) is 3.29. The molecule has 0 amide bonds. The SMILES string of the molecule is O=C(C1=C(C(=O)c2ccccc2)C(C(=O)c2ccc([N+](=O)[O-])cc2)N=N1)c1ccccc1. The van der Waals surface area contributed by atoms with Gasteiger partial charge in [0.25, 0.3) is 5.69 Å². The molecule has 156 valence electrons. The van der Waals surface area contributed by atoms with E-state index in [1.807, 2.05) is 0 Å². The molecule has 32 heavy (non-hydrogen) atoms. The molecule has 0 aromatic heterocycles. The zero-order valence-electron chi connectivity index (χ0n) is 16.5. The normalized spacial score (nSPS) is 14.9. The lowest BCUT2D eigenvalue weighted by Gasteiger charge is -2.11. The van der Waals surface area contributed by atoms with Crippen LogP contribution in [0.5, 0.6) is 0 Å². The Balaban J connectivity index is 1.78.